The lowest BCUT2D eigenvalue weighted by atomic mass is 10.1. The second-order valence-corrected chi connectivity index (χ2v) is 4.84. The van der Waals surface area contributed by atoms with Crippen molar-refractivity contribution in [3.8, 4) is 0 Å². The van der Waals surface area contributed by atoms with E-state index in [4.69, 9.17) is 0 Å². The summed E-state index contributed by atoms with van der Waals surface area (Å²) < 4.78 is 0. The van der Waals surface area contributed by atoms with Crippen LogP contribution in [-0.2, 0) is 6.54 Å². The lowest BCUT2D eigenvalue weighted by molar-refractivity contribution is 1.02. The Balaban J connectivity index is 1.82. The molecule has 2 aromatic carbocycles. The number of hydrogen-bond acceptors (Lipinski definition) is 2. The van der Waals surface area contributed by atoms with Crippen LogP contribution >= 0.6 is 0 Å². The number of anilines is 1. The molecule has 19 heavy (non-hydrogen) atoms. The van der Waals surface area contributed by atoms with E-state index in [1.165, 1.54) is 16.3 Å². The first kappa shape index (κ1) is 11.8. The Morgan fingerprint density at radius 3 is 2.58 bits per heavy atom. The number of benzene rings is 2. The van der Waals surface area contributed by atoms with Crippen LogP contribution in [0.15, 0.2) is 42.5 Å². The van der Waals surface area contributed by atoms with Crippen LogP contribution in [-0.4, -0.2) is 10.2 Å². The normalized spacial score (nSPS) is 10.8. The number of rotatable bonds is 3. The molecular weight excluding hydrogens is 234 g/mol. The summed E-state index contributed by atoms with van der Waals surface area (Å²) in [5.74, 6) is 0. The van der Waals surface area contributed by atoms with E-state index in [1.54, 1.807) is 0 Å². The molecule has 3 heteroatoms. The van der Waals surface area contributed by atoms with Crippen molar-refractivity contribution in [1.29, 1.82) is 0 Å². The Morgan fingerprint density at radius 1 is 1.05 bits per heavy atom. The van der Waals surface area contributed by atoms with E-state index in [9.17, 15) is 0 Å². The topological polar surface area (TPSA) is 40.7 Å². The minimum absolute atomic E-state index is 0.812. The fourth-order valence-electron chi connectivity index (χ4n) is 2.35. The molecule has 0 atom stereocenters. The van der Waals surface area contributed by atoms with Gasteiger partial charge in [0.2, 0.25) is 0 Å². The van der Waals surface area contributed by atoms with E-state index in [0.717, 1.165) is 23.6 Å². The smallest absolute Gasteiger partial charge is 0.0825 e. The molecule has 0 saturated heterocycles. The number of aryl methyl sites for hydroxylation is 2. The fraction of sp³-hybridized carbons (Fsp3) is 0.188. The highest BCUT2D eigenvalue weighted by molar-refractivity contribution is 5.83. The maximum atomic E-state index is 4.19. The van der Waals surface area contributed by atoms with Gasteiger partial charge in [0.1, 0.15) is 0 Å². The van der Waals surface area contributed by atoms with Crippen molar-refractivity contribution in [1.82, 2.24) is 10.2 Å². The second kappa shape index (κ2) is 4.76. The number of nitrogens with zero attached hydrogens (tertiary/aromatic N) is 1. The molecule has 0 aliphatic heterocycles. The molecule has 0 saturated carbocycles. The van der Waals surface area contributed by atoms with Gasteiger partial charge in [0.05, 0.1) is 17.1 Å². The number of nitrogens with one attached hydrogen (secondary N) is 2. The van der Waals surface area contributed by atoms with E-state index in [2.05, 4.69) is 58.0 Å². The predicted octanol–water partition coefficient (Wildman–Crippen LogP) is 3.79. The molecule has 0 radical (unpaired) electrons. The largest absolute Gasteiger partial charge is 0.378 e. The van der Waals surface area contributed by atoms with Crippen molar-refractivity contribution >= 4 is 16.5 Å². The minimum Gasteiger partial charge on any atom is -0.378 e. The molecule has 2 N–H and O–H groups in total. The highest BCUT2D eigenvalue weighted by Gasteiger charge is 2.05. The third-order valence-electron chi connectivity index (χ3n) is 3.41. The molecule has 0 fully saturated rings. The average Bonchev–Trinajstić information content (AvgIpc) is 2.76. The molecule has 1 heterocycles. The van der Waals surface area contributed by atoms with Crippen LogP contribution in [0.25, 0.3) is 10.8 Å². The molecule has 96 valence electrons. The van der Waals surface area contributed by atoms with Crippen molar-refractivity contribution in [3.05, 3.63) is 59.4 Å². The molecule has 0 aliphatic carbocycles. The zero-order valence-corrected chi connectivity index (χ0v) is 11.2. The highest BCUT2D eigenvalue weighted by Crippen LogP contribution is 2.19. The third kappa shape index (κ3) is 2.32. The van der Waals surface area contributed by atoms with E-state index >= 15 is 0 Å². The molecule has 0 amide bonds. The van der Waals surface area contributed by atoms with Crippen LogP contribution in [0.4, 0.5) is 5.69 Å². The van der Waals surface area contributed by atoms with Gasteiger partial charge in [0, 0.05) is 6.54 Å². The average molecular weight is 251 g/mol. The SMILES string of the molecule is Cc1n[nH]c(C)c1NCc1ccc2ccccc2c1. The Kier molecular flexibility index (Phi) is 2.95. The summed E-state index contributed by atoms with van der Waals surface area (Å²) in [6.45, 7) is 4.85. The van der Waals surface area contributed by atoms with Gasteiger partial charge in [-0.2, -0.15) is 5.10 Å². The summed E-state index contributed by atoms with van der Waals surface area (Å²) in [6, 6.07) is 15.0. The number of aromatic nitrogens is 2. The van der Waals surface area contributed by atoms with Crippen molar-refractivity contribution in [2.75, 3.05) is 5.32 Å². The summed E-state index contributed by atoms with van der Waals surface area (Å²) in [6.07, 6.45) is 0. The number of fused-ring (bicyclic) bond motifs is 1. The summed E-state index contributed by atoms with van der Waals surface area (Å²) in [5.41, 5.74) is 4.48. The Morgan fingerprint density at radius 2 is 1.84 bits per heavy atom. The van der Waals surface area contributed by atoms with Crippen molar-refractivity contribution in [2.24, 2.45) is 0 Å². The summed E-state index contributed by atoms with van der Waals surface area (Å²) >= 11 is 0. The van der Waals surface area contributed by atoms with E-state index in [1.807, 2.05) is 13.8 Å². The van der Waals surface area contributed by atoms with Crippen molar-refractivity contribution < 1.29 is 0 Å². The zero-order chi connectivity index (χ0) is 13.2. The van der Waals surface area contributed by atoms with Crippen LogP contribution in [0.1, 0.15) is 17.0 Å². The molecule has 0 spiro atoms. The van der Waals surface area contributed by atoms with Gasteiger partial charge in [-0.3, -0.25) is 5.10 Å². The number of hydrogen-bond donors (Lipinski definition) is 2. The first-order chi connectivity index (χ1) is 9.24. The standard InChI is InChI=1S/C16H17N3/c1-11-16(12(2)19-18-11)17-10-13-7-8-14-5-3-4-6-15(14)9-13/h3-9,17H,10H2,1-2H3,(H,18,19). The van der Waals surface area contributed by atoms with Gasteiger partial charge in [-0.05, 0) is 36.2 Å². The Hall–Kier alpha value is -2.29. The molecule has 0 unspecified atom stereocenters. The lowest BCUT2D eigenvalue weighted by Crippen LogP contribution is -2.01. The van der Waals surface area contributed by atoms with E-state index in [0.29, 0.717) is 0 Å². The highest BCUT2D eigenvalue weighted by atomic mass is 15.1. The summed E-state index contributed by atoms with van der Waals surface area (Å²) in [5, 5.41) is 13.2. The van der Waals surface area contributed by atoms with E-state index < -0.39 is 0 Å². The van der Waals surface area contributed by atoms with Crippen LogP contribution in [0, 0.1) is 13.8 Å². The molecule has 0 aliphatic rings. The predicted molar refractivity (Wildman–Crippen MR) is 79.3 cm³/mol. The quantitative estimate of drug-likeness (QED) is 0.743. The van der Waals surface area contributed by atoms with Crippen LogP contribution < -0.4 is 5.32 Å². The maximum absolute atomic E-state index is 4.19. The van der Waals surface area contributed by atoms with Gasteiger partial charge in [-0.25, -0.2) is 0 Å². The Bertz CT molecular complexity index is 693. The number of H-pyrrole nitrogens is 1. The first-order valence-corrected chi connectivity index (χ1v) is 6.47. The number of aromatic amines is 1. The molecule has 3 nitrogen and oxygen atoms in total. The second-order valence-electron chi connectivity index (χ2n) is 4.84. The first-order valence-electron chi connectivity index (χ1n) is 6.47. The van der Waals surface area contributed by atoms with Crippen LogP contribution in [0.3, 0.4) is 0 Å². The van der Waals surface area contributed by atoms with Crippen LogP contribution in [0.2, 0.25) is 0 Å². The monoisotopic (exact) mass is 251 g/mol. The van der Waals surface area contributed by atoms with E-state index in [-0.39, 0.29) is 0 Å². The van der Waals surface area contributed by atoms with Gasteiger partial charge >= 0.3 is 0 Å². The fourth-order valence-corrected chi connectivity index (χ4v) is 2.35. The third-order valence-corrected chi connectivity index (χ3v) is 3.41. The zero-order valence-electron chi connectivity index (χ0n) is 11.2. The van der Waals surface area contributed by atoms with Crippen molar-refractivity contribution in [2.45, 2.75) is 20.4 Å². The van der Waals surface area contributed by atoms with Gasteiger partial charge < -0.3 is 5.32 Å². The lowest BCUT2D eigenvalue weighted by Gasteiger charge is -2.07. The molecular formula is C16H17N3. The van der Waals surface area contributed by atoms with Gasteiger partial charge in [0.25, 0.3) is 0 Å². The molecule has 3 rings (SSSR count). The Labute approximate surface area is 112 Å². The van der Waals surface area contributed by atoms with Gasteiger partial charge in [0.15, 0.2) is 0 Å². The van der Waals surface area contributed by atoms with Gasteiger partial charge in [-0.15, -0.1) is 0 Å². The maximum Gasteiger partial charge on any atom is 0.0825 e. The van der Waals surface area contributed by atoms with Crippen molar-refractivity contribution in [3.63, 3.8) is 0 Å². The minimum atomic E-state index is 0.812. The van der Waals surface area contributed by atoms with Gasteiger partial charge in [-0.1, -0.05) is 36.4 Å². The van der Waals surface area contributed by atoms with Crippen LogP contribution in [0.5, 0.6) is 0 Å². The molecule has 0 bridgehead atoms. The summed E-state index contributed by atoms with van der Waals surface area (Å²) in [7, 11) is 0. The molecule has 3 aromatic rings. The molecule has 1 aromatic heterocycles. The summed E-state index contributed by atoms with van der Waals surface area (Å²) in [4.78, 5) is 0.